The normalized spacial score (nSPS) is 27.1. The number of piperidine rings is 1. The van der Waals surface area contributed by atoms with Crippen LogP contribution in [0.15, 0.2) is 4.79 Å². The second-order valence-corrected chi connectivity index (χ2v) is 4.91. The molecule has 1 saturated heterocycles. The Morgan fingerprint density at radius 1 is 1.62 bits per heavy atom. The molecule has 6 nitrogen and oxygen atoms in total. The third kappa shape index (κ3) is 2.51. The van der Waals surface area contributed by atoms with E-state index in [4.69, 9.17) is 0 Å². The van der Waals surface area contributed by atoms with E-state index in [0.29, 0.717) is 12.4 Å². The molecule has 0 aliphatic carbocycles. The molecule has 90 valence electrons. The summed E-state index contributed by atoms with van der Waals surface area (Å²) in [6.45, 7) is 4.77. The van der Waals surface area contributed by atoms with Crippen molar-refractivity contribution in [3.05, 3.63) is 16.3 Å². The van der Waals surface area contributed by atoms with Gasteiger partial charge in [0.05, 0.1) is 6.54 Å². The Balaban J connectivity index is 1.98. The number of aliphatic hydroxyl groups is 1. The molecule has 0 amide bonds. The molecule has 1 atom stereocenters. The Morgan fingerprint density at radius 2 is 2.44 bits per heavy atom. The highest BCUT2D eigenvalue weighted by molar-refractivity contribution is 4.87. The molecule has 2 rings (SSSR count). The predicted molar refractivity (Wildman–Crippen MR) is 58.9 cm³/mol. The molecule has 0 saturated carbocycles. The average Bonchev–Trinajstić information content (AvgIpc) is 2.64. The van der Waals surface area contributed by atoms with Crippen molar-refractivity contribution < 1.29 is 5.11 Å². The van der Waals surface area contributed by atoms with Gasteiger partial charge in [0.25, 0.3) is 0 Å². The van der Waals surface area contributed by atoms with E-state index >= 15 is 0 Å². The lowest BCUT2D eigenvalue weighted by Crippen LogP contribution is -2.43. The zero-order valence-corrected chi connectivity index (χ0v) is 9.49. The van der Waals surface area contributed by atoms with Crippen LogP contribution < -0.4 is 5.69 Å². The van der Waals surface area contributed by atoms with Crippen molar-refractivity contribution in [1.82, 2.24) is 20.1 Å². The van der Waals surface area contributed by atoms with Crippen LogP contribution in [0.2, 0.25) is 0 Å². The quantitative estimate of drug-likeness (QED) is 0.660. The zero-order chi connectivity index (χ0) is 11.6. The number of nitrogens with one attached hydrogen (secondary N) is 2. The van der Waals surface area contributed by atoms with Gasteiger partial charge in [-0.2, -0.15) is 5.10 Å². The fraction of sp³-hybridized carbons (Fsp3) is 0.800. The monoisotopic (exact) mass is 226 g/mol. The summed E-state index contributed by atoms with van der Waals surface area (Å²) in [7, 11) is 0. The lowest BCUT2D eigenvalue weighted by molar-refractivity contribution is 0.0418. The number of aromatic amines is 2. The second kappa shape index (κ2) is 4.39. The first-order chi connectivity index (χ1) is 7.61. The van der Waals surface area contributed by atoms with Crippen LogP contribution in [0.4, 0.5) is 0 Å². The van der Waals surface area contributed by atoms with Gasteiger partial charge in [0.2, 0.25) is 0 Å². The fourth-order valence-corrected chi connectivity index (χ4v) is 2.28. The molecule has 1 unspecified atom stereocenters. The number of H-pyrrole nitrogens is 2. The summed E-state index contributed by atoms with van der Waals surface area (Å²) in [5.74, 6) is 0.659. The van der Waals surface area contributed by atoms with E-state index in [1.54, 1.807) is 0 Å². The highest BCUT2D eigenvalue weighted by Crippen LogP contribution is 2.28. The van der Waals surface area contributed by atoms with Crippen LogP contribution in [0.5, 0.6) is 0 Å². The molecule has 1 aromatic heterocycles. The van der Waals surface area contributed by atoms with E-state index < -0.39 is 0 Å². The molecule has 0 radical (unpaired) electrons. The van der Waals surface area contributed by atoms with Crippen molar-refractivity contribution in [2.24, 2.45) is 5.41 Å². The molecule has 1 aromatic rings. The van der Waals surface area contributed by atoms with Crippen molar-refractivity contribution in [3.8, 4) is 0 Å². The Hall–Kier alpha value is -1.14. The van der Waals surface area contributed by atoms with Gasteiger partial charge < -0.3 is 5.11 Å². The molecule has 16 heavy (non-hydrogen) atoms. The molecular weight excluding hydrogens is 208 g/mol. The highest BCUT2D eigenvalue weighted by Gasteiger charge is 2.30. The minimum atomic E-state index is -0.267. The largest absolute Gasteiger partial charge is 0.396 e. The minimum Gasteiger partial charge on any atom is -0.396 e. The zero-order valence-electron chi connectivity index (χ0n) is 9.49. The predicted octanol–water partition coefficient (Wildman–Crippen LogP) is -0.308. The molecule has 3 N–H and O–H groups in total. The third-order valence-electron chi connectivity index (χ3n) is 3.17. The summed E-state index contributed by atoms with van der Waals surface area (Å²) in [4.78, 5) is 15.7. The summed E-state index contributed by atoms with van der Waals surface area (Å²) >= 11 is 0. The summed E-state index contributed by atoms with van der Waals surface area (Å²) in [5, 5.41) is 15.6. The molecule has 0 spiro atoms. The summed E-state index contributed by atoms with van der Waals surface area (Å²) in [6.07, 6.45) is 2.13. The number of likely N-dealkylation sites (tertiary alicyclic amines) is 1. The van der Waals surface area contributed by atoms with Crippen LogP contribution in [0, 0.1) is 5.41 Å². The summed E-state index contributed by atoms with van der Waals surface area (Å²) in [6, 6.07) is 0. The second-order valence-electron chi connectivity index (χ2n) is 4.91. The maximum Gasteiger partial charge on any atom is 0.340 e. The van der Waals surface area contributed by atoms with Gasteiger partial charge in [0.1, 0.15) is 5.82 Å². The van der Waals surface area contributed by atoms with Crippen molar-refractivity contribution >= 4 is 0 Å². The average molecular weight is 226 g/mol. The van der Waals surface area contributed by atoms with E-state index in [1.165, 1.54) is 0 Å². The summed E-state index contributed by atoms with van der Waals surface area (Å²) in [5.41, 5.74) is -0.286. The van der Waals surface area contributed by atoms with Gasteiger partial charge in [-0.3, -0.25) is 9.88 Å². The lowest BCUT2D eigenvalue weighted by atomic mass is 9.83. The van der Waals surface area contributed by atoms with Crippen LogP contribution in [-0.4, -0.2) is 44.9 Å². The van der Waals surface area contributed by atoms with Crippen LogP contribution in [0.1, 0.15) is 25.6 Å². The molecule has 0 bridgehead atoms. The lowest BCUT2D eigenvalue weighted by Gasteiger charge is -2.38. The minimum absolute atomic E-state index is 0.0190. The first-order valence-electron chi connectivity index (χ1n) is 5.58. The van der Waals surface area contributed by atoms with Gasteiger partial charge >= 0.3 is 5.69 Å². The van der Waals surface area contributed by atoms with E-state index in [1.807, 2.05) is 0 Å². The fourth-order valence-electron chi connectivity index (χ4n) is 2.28. The molecular formula is C10H18N4O2. The van der Waals surface area contributed by atoms with Crippen molar-refractivity contribution in [2.75, 3.05) is 19.7 Å². The Morgan fingerprint density at radius 3 is 3.06 bits per heavy atom. The number of aliphatic hydroxyl groups excluding tert-OH is 1. The Kier molecular flexibility index (Phi) is 3.11. The van der Waals surface area contributed by atoms with Crippen LogP contribution in [0.25, 0.3) is 0 Å². The standard InChI is InChI=1S/C10H18N4O2/c1-10(7-15)3-2-4-14(6-10)5-8-11-9(16)13-12-8/h15H,2-7H2,1H3,(H2,11,12,13,16). The van der Waals surface area contributed by atoms with Crippen LogP contribution in [0.3, 0.4) is 0 Å². The molecule has 6 heteroatoms. The first-order valence-corrected chi connectivity index (χ1v) is 5.58. The molecule has 0 aromatic carbocycles. The first kappa shape index (κ1) is 11.3. The highest BCUT2D eigenvalue weighted by atomic mass is 16.3. The number of aromatic nitrogens is 3. The van der Waals surface area contributed by atoms with Crippen LogP contribution in [-0.2, 0) is 6.54 Å². The van der Waals surface area contributed by atoms with Crippen LogP contribution >= 0.6 is 0 Å². The van der Waals surface area contributed by atoms with E-state index in [2.05, 4.69) is 27.0 Å². The van der Waals surface area contributed by atoms with E-state index in [-0.39, 0.29) is 17.7 Å². The van der Waals surface area contributed by atoms with Crippen molar-refractivity contribution in [3.63, 3.8) is 0 Å². The number of nitrogens with zero attached hydrogens (tertiary/aromatic N) is 2. The molecule has 2 heterocycles. The molecule has 1 fully saturated rings. The molecule has 1 aliphatic heterocycles. The van der Waals surface area contributed by atoms with Gasteiger partial charge in [-0.25, -0.2) is 9.89 Å². The van der Waals surface area contributed by atoms with Crippen molar-refractivity contribution in [2.45, 2.75) is 26.3 Å². The van der Waals surface area contributed by atoms with Gasteiger partial charge in [-0.05, 0) is 19.4 Å². The Bertz CT molecular complexity index is 400. The number of hydrogen-bond acceptors (Lipinski definition) is 4. The van der Waals surface area contributed by atoms with Gasteiger partial charge in [0.15, 0.2) is 0 Å². The number of hydrogen-bond donors (Lipinski definition) is 3. The topological polar surface area (TPSA) is 85.0 Å². The maximum atomic E-state index is 10.9. The van der Waals surface area contributed by atoms with Crippen molar-refractivity contribution in [1.29, 1.82) is 0 Å². The summed E-state index contributed by atoms with van der Waals surface area (Å²) < 4.78 is 0. The van der Waals surface area contributed by atoms with E-state index in [0.717, 1.165) is 25.9 Å². The van der Waals surface area contributed by atoms with Gasteiger partial charge in [0, 0.05) is 18.6 Å². The van der Waals surface area contributed by atoms with E-state index in [9.17, 15) is 9.90 Å². The van der Waals surface area contributed by atoms with Gasteiger partial charge in [-0.15, -0.1) is 0 Å². The molecule has 1 aliphatic rings. The smallest absolute Gasteiger partial charge is 0.340 e. The number of rotatable bonds is 3. The SMILES string of the molecule is CC1(CO)CCCN(Cc2n[nH]c(=O)[nH]2)C1. The third-order valence-corrected chi connectivity index (χ3v) is 3.17. The van der Waals surface area contributed by atoms with Gasteiger partial charge in [-0.1, -0.05) is 6.92 Å². The maximum absolute atomic E-state index is 10.9. The Labute approximate surface area is 93.7 Å².